The molecule has 0 unspecified atom stereocenters. The molecule has 0 saturated heterocycles. The van der Waals surface area contributed by atoms with Crippen LogP contribution in [0.3, 0.4) is 0 Å². The number of nitrogens with zero attached hydrogens (tertiary/aromatic N) is 4. The lowest BCUT2D eigenvalue weighted by molar-refractivity contribution is -0.137. The summed E-state index contributed by atoms with van der Waals surface area (Å²) >= 11 is 2.42. The lowest BCUT2D eigenvalue weighted by atomic mass is 10.2. The van der Waals surface area contributed by atoms with Gasteiger partial charge in [0.05, 0.1) is 17.0 Å². The van der Waals surface area contributed by atoms with Crippen molar-refractivity contribution in [1.82, 2.24) is 19.8 Å². The molecular formula is C19H13F3N4O2S2. The molecule has 3 heterocycles. The quantitative estimate of drug-likeness (QED) is 0.389. The number of hydrogen-bond acceptors (Lipinski definition) is 7. The van der Waals surface area contributed by atoms with Crippen LogP contribution in [0.4, 0.5) is 13.2 Å². The Balaban J connectivity index is 1.82. The van der Waals surface area contributed by atoms with E-state index in [9.17, 15) is 18.0 Å². The predicted molar refractivity (Wildman–Crippen MR) is 106 cm³/mol. The highest BCUT2D eigenvalue weighted by Crippen LogP contribution is 2.35. The first kappa shape index (κ1) is 20.4. The number of ether oxygens (including phenoxy) is 1. The Labute approximate surface area is 176 Å². The van der Waals surface area contributed by atoms with Crippen molar-refractivity contribution in [2.45, 2.75) is 23.0 Å². The van der Waals surface area contributed by atoms with Crippen LogP contribution >= 0.6 is 23.1 Å². The third kappa shape index (κ3) is 4.03. The third-order valence-electron chi connectivity index (χ3n) is 3.97. The molecule has 0 saturated carbocycles. The summed E-state index contributed by atoms with van der Waals surface area (Å²) in [6.45, 7) is 1.84. The van der Waals surface area contributed by atoms with Gasteiger partial charge in [-0.15, -0.1) is 21.5 Å². The number of rotatable bonds is 5. The molecule has 0 aliphatic heterocycles. The van der Waals surface area contributed by atoms with Crippen molar-refractivity contribution in [3.8, 4) is 10.7 Å². The van der Waals surface area contributed by atoms with Gasteiger partial charge in [-0.2, -0.15) is 22.8 Å². The lowest BCUT2D eigenvalue weighted by Crippen LogP contribution is -2.09. The van der Waals surface area contributed by atoms with Crippen LogP contribution in [0.2, 0.25) is 0 Å². The second kappa shape index (κ2) is 8.07. The minimum absolute atomic E-state index is 0.136. The zero-order chi connectivity index (χ0) is 21.3. The molecule has 0 radical (unpaired) electrons. The Morgan fingerprint density at radius 3 is 2.73 bits per heavy atom. The van der Waals surface area contributed by atoms with E-state index in [1.54, 1.807) is 13.0 Å². The normalized spacial score (nSPS) is 11.7. The number of alkyl halides is 3. The van der Waals surface area contributed by atoms with Gasteiger partial charge in [0.2, 0.25) is 0 Å². The van der Waals surface area contributed by atoms with Crippen molar-refractivity contribution in [3.63, 3.8) is 0 Å². The molecule has 1 aromatic carbocycles. The van der Waals surface area contributed by atoms with E-state index in [-0.39, 0.29) is 17.8 Å². The number of carbonyl (C=O) groups excluding carboxylic acids is 1. The van der Waals surface area contributed by atoms with Crippen molar-refractivity contribution in [2.75, 3.05) is 6.61 Å². The summed E-state index contributed by atoms with van der Waals surface area (Å²) in [4.78, 5) is 13.6. The topological polar surface area (TPSA) is 69.4 Å². The molecule has 0 aliphatic carbocycles. The maximum absolute atomic E-state index is 13.0. The summed E-state index contributed by atoms with van der Waals surface area (Å²) < 4.78 is 45.6. The fraction of sp³-hybridized carbons (Fsp3) is 0.158. The highest BCUT2D eigenvalue weighted by atomic mass is 32.2. The zero-order valence-electron chi connectivity index (χ0n) is 15.4. The van der Waals surface area contributed by atoms with Crippen LogP contribution in [0.25, 0.3) is 16.3 Å². The van der Waals surface area contributed by atoms with Gasteiger partial charge in [-0.05, 0) is 42.6 Å². The van der Waals surface area contributed by atoms with Crippen LogP contribution in [-0.2, 0) is 10.9 Å². The Morgan fingerprint density at radius 2 is 2.03 bits per heavy atom. The van der Waals surface area contributed by atoms with E-state index < -0.39 is 17.7 Å². The molecule has 4 rings (SSSR count). The number of esters is 1. The van der Waals surface area contributed by atoms with Gasteiger partial charge in [-0.25, -0.2) is 4.79 Å². The molecule has 3 aromatic heterocycles. The summed E-state index contributed by atoms with van der Waals surface area (Å²) in [7, 11) is 0. The van der Waals surface area contributed by atoms with Crippen molar-refractivity contribution in [1.29, 1.82) is 0 Å². The second-order valence-electron chi connectivity index (χ2n) is 5.98. The van der Waals surface area contributed by atoms with Gasteiger partial charge >= 0.3 is 12.1 Å². The summed E-state index contributed by atoms with van der Waals surface area (Å²) in [5, 5.41) is 14.8. The molecule has 0 atom stereocenters. The number of aromatic nitrogens is 4. The SMILES string of the molecule is CCOC(=O)c1cc(Sc2cccc(C(F)(F)F)c2)nn2c(-c3cccs3)nnc12. The molecule has 154 valence electrons. The van der Waals surface area contributed by atoms with Crippen LogP contribution in [0.1, 0.15) is 22.8 Å². The minimum Gasteiger partial charge on any atom is -0.462 e. The van der Waals surface area contributed by atoms with Crippen LogP contribution in [0, 0.1) is 0 Å². The molecule has 0 amide bonds. The molecule has 0 spiro atoms. The highest BCUT2D eigenvalue weighted by molar-refractivity contribution is 7.99. The fourth-order valence-corrected chi connectivity index (χ4v) is 4.25. The summed E-state index contributed by atoms with van der Waals surface area (Å²) in [6.07, 6.45) is -4.45. The van der Waals surface area contributed by atoms with Crippen molar-refractivity contribution >= 4 is 34.7 Å². The van der Waals surface area contributed by atoms with E-state index in [4.69, 9.17) is 4.74 Å². The van der Waals surface area contributed by atoms with Crippen molar-refractivity contribution < 1.29 is 22.7 Å². The first-order valence-electron chi connectivity index (χ1n) is 8.69. The number of halogens is 3. The molecule has 0 bridgehead atoms. The molecule has 0 fully saturated rings. The molecule has 6 nitrogen and oxygen atoms in total. The molecular weight excluding hydrogens is 437 g/mol. The number of hydrogen-bond donors (Lipinski definition) is 0. The maximum Gasteiger partial charge on any atom is 0.416 e. The van der Waals surface area contributed by atoms with Gasteiger partial charge in [-0.1, -0.05) is 23.9 Å². The van der Waals surface area contributed by atoms with Crippen LogP contribution in [0.15, 0.2) is 57.8 Å². The average Bonchev–Trinajstić information content (AvgIpc) is 3.36. The van der Waals surface area contributed by atoms with E-state index in [1.807, 2.05) is 17.5 Å². The largest absolute Gasteiger partial charge is 0.462 e. The Hall–Kier alpha value is -2.92. The molecule has 0 N–H and O–H groups in total. The fourth-order valence-electron chi connectivity index (χ4n) is 2.68. The minimum atomic E-state index is -4.45. The molecule has 11 heteroatoms. The zero-order valence-corrected chi connectivity index (χ0v) is 17.0. The lowest BCUT2D eigenvalue weighted by Gasteiger charge is -2.09. The number of fused-ring (bicyclic) bond motifs is 1. The number of benzene rings is 1. The smallest absolute Gasteiger partial charge is 0.416 e. The Kier molecular flexibility index (Phi) is 5.48. The van der Waals surface area contributed by atoms with E-state index >= 15 is 0 Å². The predicted octanol–water partition coefficient (Wildman–Crippen LogP) is 5.20. The molecule has 0 aliphatic rings. The first-order valence-corrected chi connectivity index (χ1v) is 10.4. The van der Waals surface area contributed by atoms with Crippen molar-refractivity contribution in [2.24, 2.45) is 0 Å². The average molecular weight is 450 g/mol. The first-order chi connectivity index (χ1) is 14.4. The second-order valence-corrected chi connectivity index (χ2v) is 8.02. The number of thiophene rings is 1. The third-order valence-corrected chi connectivity index (χ3v) is 5.73. The van der Waals surface area contributed by atoms with E-state index in [0.29, 0.717) is 15.7 Å². The van der Waals surface area contributed by atoms with Gasteiger partial charge in [0.25, 0.3) is 0 Å². The number of carbonyl (C=O) groups is 1. The van der Waals surface area contributed by atoms with E-state index in [2.05, 4.69) is 15.3 Å². The molecule has 4 aromatic rings. The van der Waals surface area contributed by atoms with Crippen LogP contribution in [0.5, 0.6) is 0 Å². The molecule has 30 heavy (non-hydrogen) atoms. The monoisotopic (exact) mass is 450 g/mol. The van der Waals surface area contributed by atoms with E-state index in [1.165, 1.54) is 28.0 Å². The Morgan fingerprint density at radius 1 is 1.20 bits per heavy atom. The summed E-state index contributed by atoms with van der Waals surface area (Å²) in [5.74, 6) is -0.182. The van der Waals surface area contributed by atoms with Crippen molar-refractivity contribution in [3.05, 3.63) is 59.0 Å². The van der Waals surface area contributed by atoms with Crippen LogP contribution in [-0.4, -0.2) is 32.4 Å². The van der Waals surface area contributed by atoms with E-state index in [0.717, 1.165) is 28.8 Å². The van der Waals surface area contributed by atoms with Gasteiger partial charge in [-0.3, -0.25) is 0 Å². The highest BCUT2D eigenvalue weighted by Gasteiger charge is 2.30. The maximum atomic E-state index is 13.0. The standard InChI is InChI=1S/C19H13F3N4O2S2/c1-2-28-18(27)13-10-15(30-12-6-3-5-11(9-12)19(20,21)22)25-26-16(13)23-24-17(26)14-7-4-8-29-14/h3-10H,2H2,1H3. The Bertz CT molecular complexity index is 1210. The van der Waals surface area contributed by atoms with Gasteiger partial charge in [0.1, 0.15) is 10.6 Å². The van der Waals surface area contributed by atoms with Gasteiger partial charge in [0.15, 0.2) is 11.5 Å². The van der Waals surface area contributed by atoms with Gasteiger partial charge in [0, 0.05) is 4.90 Å². The van der Waals surface area contributed by atoms with Crippen LogP contribution < -0.4 is 0 Å². The summed E-state index contributed by atoms with van der Waals surface area (Å²) in [5.41, 5.74) is -0.412. The summed E-state index contributed by atoms with van der Waals surface area (Å²) in [6, 6.07) is 10.0. The van der Waals surface area contributed by atoms with Gasteiger partial charge < -0.3 is 4.74 Å².